The molecule has 0 heterocycles. The van der Waals surface area contributed by atoms with Crippen LogP contribution in [0.15, 0.2) is 47.6 Å². The summed E-state index contributed by atoms with van der Waals surface area (Å²) in [4.78, 5) is 24.4. The van der Waals surface area contributed by atoms with Gasteiger partial charge in [-0.05, 0) is 56.2 Å². The zero-order chi connectivity index (χ0) is 22.6. The van der Waals surface area contributed by atoms with E-state index in [0.717, 1.165) is 12.8 Å². The number of para-hydroxylation sites is 1. The Balaban J connectivity index is 1.95. The quantitative estimate of drug-likeness (QED) is 0.243. The Hall–Kier alpha value is -3.42. The third kappa shape index (κ3) is 7.40. The molecule has 0 aliphatic heterocycles. The molecule has 166 valence electrons. The molecule has 1 unspecified atom stereocenters. The summed E-state index contributed by atoms with van der Waals surface area (Å²) in [6, 6.07) is 11.1. The average Bonchev–Trinajstić information content (AvgIpc) is 2.76. The first-order valence-corrected chi connectivity index (χ1v) is 10.2. The predicted octanol–water partition coefficient (Wildman–Crippen LogP) is 4.13. The van der Waals surface area contributed by atoms with E-state index >= 15 is 0 Å². The number of amides is 2. The van der Waals surface area contributed by atoms with Crippen LogP contribution in [-0.4, -0.2) is 31.2 Å². The minimum atomic E-state index is -1.06. The number of halogens is 1. The van der Waals surface area contributed by atoms with Crippen molar-refractivity contribution in [3.63, 3.8) is 0 Å². The number of benzene rings is 2. The molecule has 2 rings (SSSR count). The van der Waals surface area contributed by atoms with Gasteiger partial charge in [-0.1, -0.05) is 25.5 Å². The van der Waals surface area contributed by atoms with Crippen LogP contribution in [0.3, 0.4) is 0 Å². The Bertz CT molecular complexity index is 917. The molecule has 2 aromatic carbocycles. The van der Waals surface area contributed by atoms with Crippen molar-refractivity contribution in [1.82, 2.24) is 5.43 Å². The topological polar surface area (TPSA) is 89.0 Å². The number of hydrogen-bond acceptors (Lipinski definition) is 5. The number of rotatable bonds is 11. The van der Waals surface area contributed by atoms with Crippen LogP contribution in [0, 0.1) is 11.7 Å². The Labute approximate surface area is 181 Å². The third-order valence-corrected chi connectivity index (χ3v) is 4.33. The highest BCUT2D eigenvalue weighted by Gasteiger charge is 2.22. The average molecular weight is 429 g/mol. The van der Waals surface area contributed by atoms with Gasteiger partial charge in [0.2, 0.25) is 5.91 Å². The molecule has 31 heavy (non-hydrogen) atoms. The van der Waals surface area contributed by atoms with Crippen molar-refractivity contribution in [3.8, 4) is 11.5 Å². The van der Waals surface area contributed by atoms with Crippen LogP contribution in [0.25, 0.3) is 0 Å². The first kappa shape index (κ1) is 23.9. The third-order valence-electron chi connectivity index (χ3n) is 4.33. The van der Waals surface area contributed by atoms with Gasteiger partial charge in [-0.3, -0.25) is 9.59 Å². The van der Waals surface area contributed by atoms with E-state index in [1.807, 2.05) is 6.92 Å². The SMILES string of the molecule is CCCCOc1ccc(C=NNC(=O)C(C)C(=O)Nc2ccccc2F)cc1OCC. The van der Waals surface area contributed by atoms with Crippen molar-refractivity contribution in [3.05, 3.63) is 53.8 Å². The molecule has 0 aromatic heterocycles. The Morgan fingerprint density at radius 1 is 1.10 bits per heavy atom. The summed E-state index contributed by atoms with van der Waals surface area (Å²) in [5.74, 6) is -1.65. The summed E-state index contributed by atoms with van der Waals surface area (Å²) < 4.78 is 25.0. The van der Waals surface area contributed by atoms with Crippen LogP contribution in [0.5, 0.6) is 11.5 Å². The maximum absolute atomic E-state index is 13.6. The normalized spacial score (nSPS) is 11.7. The minimum absolute atomic E-state index is 0.0142. The highest BCUT2D eigenvalue weighted by molar-refractivity contribution is 6.06. The molecule has 8 heteroatoms. The van der Waals surface area contributed by atoms with Crippen LogP contribution in [0.4, 0.5) is 10.1 Å². The lowest BCUT2D eigenvalue weighted by atomic mass is 10.1. The lowest BCUT2D eigenvalue weighted by Crippen LogP contribution is -2.34. The van der Waals surface area contributed by atoms with Gasteiger partial charge in [0.05, 0.1) is 25.1 Å². The summed E-state index contributed by atoms with van der Waals surface area (Å²) >= 11 is 0. The molecule has 0 aliphatic rings. The van der Waals surface area contributed by atoms with Gasteiger partial charge >= 0.3 is 0 Å². The number of ether oxygens (including phenoxy) is 2. The van der Waals surface area contributed by atoms with Crippen molar-refractivity contribution >= 4 is 23.7 Å². The molecule has 0 fully saturated rings. The number of carbonyl (C=O) groups excluding carboxylic acids is 2. The van der Waals surface area contributed by atoms with Gasteiger partial charge in [0, 0.05) is 0 Å². The summed E-state index contributed by atoms with van der Waals surface area (Å²) in [7, 11) is 0. The highest BCUT2D eigenvalue weighted by Crippen LogP contribution is 2.28. The molecule has 7 nitrogen and oxygen atoms in total. The lowest BCUT2D eigenvalue weighted by molar-refractivity contribution is -0.131. The largest absolute Gasteiger partial charge is 0.490 e. The van der Waals surface area contributed by atoms with Crippen molar-refractivity contribution in [2.24, 2.45) is 11.0 Å². The van der Waals surface area contributed by atoms with E-state index in [-0.39, 0.29) is 5.69 Å². The van der Waals surface area contributed by atoms with Crippen molar-refractivity contribution in [1.29, 1.82) is 0 Å². The summed E-state index contributed by atoms with van der Waals surface area (Å²) in [6.07, 6.45) is 3.42. The van der Waals surface area contributed by atoms with Gasteiger partial charge in [-0.25, -0.2) is 9.82 Å². The molecule has 0 aliphatic carbocycles. The van der Waals surface area contributed by atoms with Gasteiger partial charge < -0.3 is 14.8 Å². The minimum Gasteiger partial charge on any atom is -0.490 e. The summed E-state index contributed by atoms with van der Waals surface area (Å²) in [5.41, 5.74) is 3.03. The van der Waals surface area contributed by atoms with E-state index < -0.39 is 23.5 Å². The highest BCUT2D eigenvalue weighted by atomic mass is 19.1. The molecule has 0 saturated heterocycles. The fourth-order valence-corrected chi connectivity index (χ4v) is 2.51. The Morgan fingerprint density at radius 2 is 1.87 bits per heavy atom. The second-order valence-corrected chi connectivity index (χ2v) is 6.77. The molecule has 0 radical (unpaired) electrons. The van der Waals surface area contributed by atoms with Crippen LogP contribution in [0.1, 0.15) is 39.2 Å². The number of hydrogen-bond donors (Lipinski definition) is 2. The molecule has 2 amide bonds. The smallest absolute Gasteiger partial charge is 0.252 e. The Kier molecular flexibility index (Phi) is 9.48. The zero-order valence-corrected chi connectivity index (χ0v) is 18.0. The molecular weight excluding hydrogens is 401 g/mol. The maximum Gasteiger partial charge on any atom is 0.252 e. The molecule has 2 aromatic rings. The summed E-state index contributed by atoms with van der Waals surface area (Å²) in [5, 5.41) is 6.29. The second kappa shape index (κ2) is 12.3. The zero-order valence-electron chi connectivity index (χ0n) is 18.0. The number of unbranched alkanes of at least 4 members (excludes halogenated alkanes) is 1. The first-order chi connectivity index (χ1) is 15.0. The number of nitrogens with zero attached hydrogens (tertiary/aromatic N) is 1. The number of anilines is 1. The maximum atomic E-state index is 13.6. The lowest BCUT2D eigenvalue weighted by Gasteiger charge is -2.12. The van der Waals surface area contributed by atoms with Gasteiger partial charge in [0.25, 0.3) is 5.91 Å². The number of nitrogens with one attached hydrogen (secondary N) is 2. The predicted molar refractivity (Wildman–Crippen MR) is 118 cm³/mol. The fraction of sp³-hybridized carbons (Fsp3) is 0.348. The van der Waals surface area contributed by atoms with Crippen molar-refractivity contribution in [2.75, 3.05) is 18.5 Å². The Morgan fingerprint density at radius 3 is 2.58 bits per heavy atom. The van der Waals surface area contributed by atoms with E-state index in [4.69, 9.17) is 9.47 Å². The molecular formula is C23H28FN3O4. The van der Waals surface area contributed by atoms with Gasteiger partial charge in [-0.2, -0.15) is 5.10 Å². The molecule has 0 spiro atoms. The van der Waals surface area contributed by atoms with E-state index in [9.17, 15) is 14.0 Å². The van der Waals surface area contributed by atoms with Crippen LogP contribution < -0.4 is 20.2 Å². The molecule has 0 bridgehead atoms. The van der Waals surface area contributed by atoms with Crippen LogP contribution >= 0.6 is 0 Å². The first-order valence-electron chi connectivity index (χ1n) is 10.2. The number of hydrazone groups is 1. The van der Waals surface area contributed by atoms with E-state index in [1.165, 1.54) is 31.3 Å². The number of carbonyl (C=O) groups is 2. The molecule has 1 atom stereocenters. The second-order valence-electron chi connectivity index (χ2n) is 6.77. The van der Waals surface area contributed by atoms with Crippen LogP contribution in [-0.2, 0) is 9.59 Å². The van der Waals surface area contributed by atoms with E-state index in [1.54, 1.807) is 24.3 Å². The monoisotopic (exact) mass is 429 g/mol. The van der Waals surface area contributed by atoms with E-state index in [0.29, 0.717) is 30.3 Å². The van der Waals surface area contributed by atoms with Crippen molar-refractivity contribution in [2.45, 2.75) is 33.6 Å². The van der Waals surface area contributed by atoms with Crippen molar-refractivity contribution < 1.29 is 23.5 Å². The summed E-state index contributed by atoms with van der Waals surface area (Å²) in [6.45, 7) is 6.47. The fourth-order valence-electron chi connectivity index (χ4n) is 2.51. The van der Waals surface area contributed by atoms with Crippen LogP contribution in [0.2, 0.25) is 0 Å². The standard InChI is InChI=1S/C23H28FN3O4/c1-4-6-13-31-20-12-11-17(14-21(20)30-5-2)15-25-27-23(29)16(3)22(28)26-19-10-8-7-9-18(19)24/h7-12,14-16H,4-6,13H2,1-3H3,(H,26,28)(H,27,29). The van der Waals surface area contributed by atoms with Gasteiger partial charge in [-0.15, -0.1) is 0 Å². The van der Waals surface area contributed by atoms with E-state index in [2.05, 4.69) is 22.8 Å². The van der Waals surface area contributed by atoms with Gasteiger partial charge in [0.15, 0.2) is 11.5 Å². The van der Waals surface area contributed by atoms with Gasteiger partial charge in [0.1, 0.15) is 11.7 Å². The molecule has 2 N–H and O–H groups in total. The molecule has 0 saturated carbocycles.